The van der Waals surface area contributed by atoms with Gasteiger partial charge in [-0.1, -0.05) is 6.92 Å². The van der Waals surface area contributed by atoms with Crippen molar-refractivity contribution in [1.82, 2.24) is 4.90 Å². The third kappa shape index (κ3) is 3.09. The number of benzene rings is 1. The SMILES string of the molecule is CC1CCCN(C(CN)c2cc(F)c(F)cc2F)C1. The van der Waals surface area contributed by atoms with Crippen molar-refractivity contribution < 1.29 is 13.2 Å². The van der Waals surface area contributed by atoms with E-state index in [1.54, 1.807) is 0 Å². The van der Waals surface area contributed by atoms with Crippen molar-refractivity contribution in [2.24, 2.45) is 11.7 Å². The zero-order valence-corrected chi connectivity index (χ0v) is 11.0. The third-order valence-corrected chi connectivity index (χ3v) is 3.75. The second-order valence-electron chi connectivity index (χ2n) is 5.28. The highest BCUT2D eigenvalue weighted by Gasteiger charge is 2.27. The van der Waals surface area contributed by atoms with Crippen molar-refractivity contribution in [2.75, 3.05) is 19.6 Å². The van der Waals surface area contributed by atoms with Gasteiger partial charge in [-0.2, -0.15) is 0 Å². The van der Waals surface area contributed by atoms with Gasteiger partial charge >= 0.3 is 0 Å². The van der Waals surface area contributed by atoms with Crippen LogP contribution >= 0.6 is 0 Å². The van der Waals surface area contributed by atoms with E-state index in [-0.39, 0.29) is 12.1 Å². The highest BCUT2D eigenvalue weighted by Crippen LogP contribution is 2.28. The van der Waals surface area contributed by atoms with Crippen LogP contribution < -0.4 is 5.73 Å². The molecule has 2 nitrogen and oxygen atoms in total. The fraction of sp³-hybridized carbons (Fsp3) is 0.571. The largest absolute Gasteiger partial charge is 0.329 e. The molecule has 0 saturated carbocycles. The van der Waals surface area contributed by atoms with Gasteiger partial charge in [-0.3, -0.25) is 4.90 Å². The Balaban J connectivity index is 2.28. The molecule has 1 heterocycles. The predicted molar refractivity (Wildman–Crippen MR) is 68.1 cm³/mol. The van der Waals surface area contributed by atoms with Crippen molar-refractivity contribution in [1.29, 1.82) is 0 Å². The maximum atomic E-state index is 13.8. The normalized spacial score (nSPS) is 22.5. The van der Waals surface area contributed by atoms with Crippen LogP contribution in [-0.4, -0.2) is 24.5 Å². The molecule has 1 aliphatic heterocycles. The van der Waals surface area contributed by atoms with E-state index in [4.69, 9.17) is 5.73 Å². The van der Waals surface area contributed by atoms with Crippen LogP contribution in [0.5, 0.6) is 0 Å². The molecule has 2 N–H and O–H groups in total. The van der Waals surface area contributed by atoms with E-state index in [9.17, 15) is 13.2 Å². The van der Waals surface area contributed by atoms with Crippen molar-refractivity contribution >= 4 is 0 Å². The van der Waals surface area contributed by atoms with Gasteiger partial charge in [0.2, 0.25) is 0 Å². The molecule has 0 aliphatic carbocycles. The molecule has 19 heavy (non-hydrogen) atoms. The summed E-state index contributed by atoms with van der Waals surface area (Å²) in [7, 11) is 0. The van der Waals surface area contributed by atoms with E-state index in [1.165, 1.54) is 0 Å². The lowest BCUT2D eigenvalue weighted by Gasteiger charge is -2.37. The van der Waals surface area contributed by atoms with Crippen LogP contribution in [0.15, 0.2) is 12.1 Å². The maximum Gasteiger partial charge on any atom is 0.161 e. The summed E-state index contributed by atoms with van der Waals surface area (Å²) < 4.78 is 40.1. The summed E-state index contributed by atoms with van der Waals surface area (Å²) in [6.45, 7) is 3.93. The minimum absolute atomic E-state index is 0.149. The van der Waals surface area contributed by atoms with Gasteiger partial charge in [-0.05, 0) is 31.4 Å². The molecular formula is C14H19F3N2. The van der Waals surface area contributed by atoms with Gasteiger partial charge in [0.05, 0.1) is 6.04 Å². The number of nitrogens with two attached hydrogens (primary N) is 1. The number of piperidine rings is 1. The van der Waals surface area contributed by atoms with Crippen LogP contribution in [0.25, 0.3) is 0 Å². The Hall–Kier alpha value is -1.07. The first-order valence-corrected chi connectivity index (χ1v) is 6.61. The van der Waals surface area contributed by atoms with Crippen LogP contribution in [-0.2, 0) is 0 Å². The van der Waals surface area contributed by atoms with Crippen LogP contribution in [0.4, 0.5) is 13.2 Å². The van der Waals surface area contributed by atoms with Gasteiger partial charge in [-0.15, -0.1) is 0 Å². The summed E-state index contributed by atoms with van der Waals surface area (Å²) in [6, 6.07) is 1.14. The molecule has 0 spiro atoms. The molecular weight excluding hydrogens is 253 g/mol. The monoisotopic (exact) mass is 272 g/mol. The molecule has 2 unspecified atom stereocenters. The van der Waals surface area contributed by atoms with Crippen molar-refractivity contribution in [2.45, 2.75) is 25.8 Å². The first-order chi connectivity index (χ1) is 9.02. The minimum atomic E-state index is -1.16. The molecule has 0 bridgehead atoms. The molecule has 0 radical (unpaired) electrons. The Morgan fingerprint density at radius 2 is 1.95 bits per heavy atom. The zero-order valence-electron chi connectivity index (χ0n) is 11.0. The van der Waals surface area contributed by atoms with E-state index in [0.717, 1.165) is 32.0 Å². The summed E-state index contributed by atoms with van der Waals surface area (Å²) in [6.07, 6.45) is 2.15. The van der Waals surface area contributed by atoms with Crippen LogP contribution in [0, 0.1) is 23.4 Å². The average Bonchev–Trinajstić information content (AvgIpc) is 2.36. The molecule has 5 heteroatoms. The van der Waals surface area contributed by atoms with E-state index >= 15 is 0 Å². The molecule has 1 fully saturated rings. The molecule has 2 rings (SSSR count). The standard InChI is InChI=1S/C14H19F3N2/c1-9-3-2-4-19(8-9)14(7-18)10-5-12(16)13(17)6-11(10)15/h5-6,9,14H,2-4,7-8,18H2,1H3. The molecule has 1 aliphatic rings. The van der Waals surface area contributed by atoms with Crippen LogP contribution in [0.3, 0.4) is 0 Å². The smallest absolute Gasteiger partial charge is 0.161 e. The number of hydrogen-bond acceptors (Lipinski definition) is 2. The molecule has 1 aromatic carbocycles. The Bertz CT molecular complexity index is 451. The summed E-state index contributed by atoms with van der Waals surface area (Å²) in [5, 5.41) is 0. The zero-order chi connectivity index (χ0) is 14.0. The van der Waals surface area contributed by atoms with Crippen molar-refractivity contribution in [3.63, 3.8) is 0 Å². The number of hydrogen-bond donors (Lipinski definition) is 1. The van der Waals surface area contributed by atoms with Crippen LogP contribution in [0.1, 0.15) is 31.4 Å². The molecule has 106 valence electrons. The molecule has 0 aromatic heterocycles. The quantitative estimate of drug-likeness (QED) is 0.857. The third-order valence-electron chi connectivity index (χ3n) is 3.75. The lowest BCUT2D eigenvalue weighted by atomic mass is 9.96. The van der Waals surface area contributed by atoms with E-state index in [0.29, 0.717) is 12.0 Å². The van der Waals surface area contributed by atoms with Crippen molar-refractivity contribution in [3.8, 4) is 0 Å². The van der Waals surface area contributed by atoms with Gasteiger partial charge in [-0.25, -0.2) is 13.2 Å². The first kappa shape index (κ1) is 14.3. The summed E-state index contributed by atoms with van der Waals surface area (Å²) in [5.74, 6) is -2.41. The molecule has 2 atom stereocenters. The number of halogens is 3. The van der Waals surface area contributed by atoms with E-state index in [2.05, 4.69) is 11.8 Å². The topological polar surface area (TPSA) is 29.3 Å². The van der Waals surface area contributed by atoms with Gasteiger partial charge in [0.15, 0.2) is 11.6 Å². The van der Waals surface area contributed by atoms with Gasteiger partial charge in [0.1, 0.15) is 5.82 Å². The number of likely N-dealkylation sites (tertiary alicyclic amines) is 1. The summed E-state index contributed by atoms with van der Waals surface area (Å²) in [4.78, 5) is 2.06. The second-order valence-corrected chi connectivity index (χ2v) is 5.28. The highest BCUT2D eigenvalue weighted by atomic mass is 19.2. The van der Waals surface area contributed by atoms with Gasteiger partial charge in [0, 0.05) is 24.7 Å². The Morgan fingerprint density at radius 3 is 2.58 bits per heavy atom. The number of nitrogens with zero attached hydrogens (tertiary/aromatic N) is 1. The maximum absolute atomic E-state index is 13.8. The highest BCUT2D eigenvalue weighted by molar-refractivity contribution is 5.24. The Kier molecular flexibility index (Phi) is 4.47. The summed E-state index contributed by atoms with van der Waals surface area (Å²) >= 11 is 0. The van der Waals surface area contributed by atoms with Crippen LogP contribution in [0.2, 0.25) is 0 Å². The van der Waals surface area contributed by atoms with Crippen molar-refractivity contribution in [3.05, 3.63) is 35.1 Å². The molecule has 1 saturated heterocycles. The van der Waals surface area contributed by atoms with Gasteiger partial charge in [0.25, 0.3) is 0 Å². The van der Waals surface area contributed by atoms with E-state index < -0.39 is 23.5 Å². The Labute approximate surface area is 111 Å². The fourth-order valence-corrected chi connectivity index (χ4v) is 2.77. The minimum Gasteiger partial charge on any atom is -0.329 e. The lowest BCUT2D eigenvalue weighted by molar-refractivity contribution is 0.130. The Morgan fingerprint density at radius 1 is 1.26 bits per heavy atom. The second kappa shape index (κ2) is 5.92. The lowest BCUT2D eigenvalue weighted by Crippen LogP contribution is -2.40. The fourth-order valence-electron chi connectivity index (χ4n) is 2.77. The van der Waals surface area contributed by atoms with E-state index in [1.807, 2.05) is 0 Å². The predicted octanol–water partition coefficient (Wildman–Crippen LogP) is 2.84. The number of rotatable bonds is 3. The molecule has 0 amide bonds. The average molecular weight is 272 g/mol. The molecule has 1 aromatic rings. The van der Waals surface area contributed by atoms with Gasteiger partial charge < -0.3 is 5.73 Å². The summed E-state index contributed by atoms with van der Waals surface area (Å²) in [5.41, 5.74) is 5.86. The first-order valence-electron chi connectivity index (χ1n) is 6.61.